The van der Waals surface area contributed by atoms with Gasteiger partial charge < -0.3 is 20.5 Å². The number of nitrogens with one attached hydrogen (secondary N) is 1. The van der Waals surface area contributed by atoms with E-state index in [2.05, 4.69) is 15.0 Å². The van der Waals surface area contributed by atoms with E-state index in [4.69, 9.17) is 5.73 Å². The van der Waals surface area contributed by atoms with E-state index in [0.29, 0.717) is 5.69 Å². The second-order valence-electron chi connectivity index (χ2n) is 8.56. The van der Waals surface area contributed by atoms with Crippen LogP contribution >= 0.6 is 0 Å². The number of fused-ring (bicyclic) bond motifs is 1. The lowest BCUT2D eigenvalue weighted by atomic mass is 10.0. The number of carbonyl (C=O) groups excluding carboxylic acids is 2. The van der Waals surface area contributed by atoms with Crippen LogP contribution in [0.5, 0.6) is 0 Å². The molecule has 2 aliphatic heterocycles. The van der Waals surface area contributed by atoms with E-state index in [1.807, 2.05) is 0 Å². The summed E-state index contributed by atoms with van der Waals surface area (Å²) in [5.41, 5.74) is 5.27. The second kappa shape index (κ2) is 8.93. The minimum absolute atomic E-state index is 0.00750. The summed E-state index contributed by atoms with van der Waals surface area (Å²) < 4.78 is 68.2. The molecule has 1 fully saturated rings. The van der Waals surface area contributed by atoms with Crippen molar-refractivity contribution < 1.29 is 31.5 Å². The molecule has 4 rings (SSSR count). The van der Waals surface area contributed by atoms with Gasteiger partial charge in [0.1, 0.15) is 0 Å². The number of halogens is 5. The molecule has 2 aromatic heterocycles. The fraction of sp³-hybridized carbons (Fsp3) is 0.524. The van der Waals surface area contributed by atoms with Gasteiger partial charge >= 0.3 is 6.18 Å². The smallest absolute Gasteiger partial charge is 0.359 e. The number of nitrogens with zero attached hydrogens (tertiary/aromatic N) is 4. The van der Waals surface area contributed by atoms with Gasteiger partial charge in [0, 0.05) is 50.2 Å². The van der Waals surface area contributed by atoms with E-state index >= 15 is 0 Å². The number of aromatic amines is 1. The Labute approximate surface area is 191 Å². The van der Waals surface area contributed by atoms with E-state index in [1.54, 1.807) is 6.07 Å². The van der Waals surface area contributed by atoms with Crippen molar-refractivity contribution in [2.75, 3.05) is 19.6 Å². The molecule has 8 nitrogen and oxygen atoms in total. The molecular formula is C21H23F5N6O2. The Hall–Kier alpha value is -3.09. The maximum Gasteiger partial charge on any atom is 0.433 e. The zero-order valence-electron chi connectivity index (χ0n) is 18.0. The lowest BCUT2D eigenvalue weighted by Gasteiger charge is -2.34. The van der Waals surface area contributed by atoms with Gasteiger partial charge in [0.05, 0.1) is 24.5 Å². The Balaban J connectivity index is 1.47. The van der Waals surface area contributed by atoms with Gasteiger partial charge in [-0.3, -0.25) is 9.59 Å². The predicted octanol–water partition coefficient (Wildman–Crippen LogP) is 2.35. The van der Waals surface area contributed by atoms with E-state index in [-0.39, 0.29) is 56.0 Å². The molecule has 1 atom stereocenters. The van der Waals surface area contributed by atoms with E-state index in [9.17, 15) is 31.5 Å². The first kappa shape index (κ1) is 24.0. The Morgan fingerprint density at radius 3 is 2.71 bits per heavy atom. The van der Waals surface area contributed by atoms with Crippen molar-refractivity contribution in [1.82, 2.24) is 24.8 Å². The number of piperidine rings is 1. The number of aromatic nitrogens is 3. The van der Waals surface area contributed by atoms with Crippen molar-refractivity contribution in [3.63, 3.8) is 0 Å². The molecule has 2 aliphatic rings. The van der Waals surface area contributed by atoms with Gasteiger partial charge in [0.15, 0.2) is 11.5 Å². The summed E-state index contributed by atoms with van der Waals surface area (Å²) in [4.78, 5) is 37.7. The summed E-state index contributed by atoms with van der Waals surface area (Å²) in [6.45, 7) is -1.11. The van der Waals surface area contributed by atoms with Crippen LogP contribution in [0.2, 0.25) is 0 Å². The highest BCUT2D eigenvalue weighted by Gasteiger charge is 2.41. The normalized spacial score (nSPS) is 19.2. The molecule has 3 N–H and O–H groups in total. The average Bonchev–Trinajstić information content (AvgIpc) is 3.29. The van der Waals surface area contributed by atoms with Crippen LogP contribution in [-0.2, 0) is 28.7 Å². The SMILES string of the molecule is NC(CC(=O)N1CCc2c(nc(-c3ccc[nH]3)nc2C(F)(F)F)C1)CN1CC(F)(F)CCC1=O. The van der Waals surface area contributed by atoms with Gasteiger partial charge in [-0.1, -0.05) is 0 Å². The first-order chi connectivity index (χ1) is 15.9. The van der Waals surface area contributed by atoms with Crippen LogP contribution in [-0.4, -0.2) is 68.2 Å². The van der Waals surface area contributed by atoms with Crippen LogP contribution in [0.3, 0.4) is 0 Å². The fourth-order valence-corrected chi connectivity index (χ4v) is 4.23. The van der Waals surface area contributed by atoms with Crippen molar-refractivity contribution in [2.45, 2.75) is 50.4 Å². The fourth-order valence-electron chi connectivity index (χ4n) is 4.23. The number of H-pyrrole nitrogens is 1. The number of hydrogen-bond donors (Lipinski definition) is 2. The van der Waals surface area contributed by atoms with Gasteiger partial charge in [-0.25, -0.2) is 18.7 Å². The topological polar surface area (TPSA) is 108 Å². The van der Waals surface area contributed by atoms with Crippen molar-refractivity contribution in [3.05, 3.63) is 35.3 Å². The first-order valence-electron chi connectivity index (χ1n) is 10.7. The Kier molecular flexibility index (Phi) is 6.32. The van der Waals surface area contributed by atoms with Crippen LogP contribution in [0, 0.1) is 0 Å². The molecule has 1 unspecified atom stereocenters. The number of nitrogens with two attached hydrogens (primary N) is 1. The highest BCUT2D eigenvalue weighted by atomic mass is 19.4. The first-order valence-corrected chi connectivity index (χ1v) is 10.7. The summed E-state index contributed by atoms with van der Waals surface area (Å²) in [6.07, 6.45) is -4.30. The summed E-state index contributed by atoms with van der Waals surface area (Å²) in [6, 6.07) is 2.25. The average molecular weight is 486 g/mol. The number of rotatable bonds is 5. The van der Waals surface area contributed by atoms with Gasteiger partial charge in [-0.2, -0.15) is 13.2 Å². The number of alkyl halides is 5. The molecular weight excluding hydrogens is 463 g/mol. The zero-order valence-corrected chi connectivity index (χ0v) is 18.0. The van der Waals surface area contributed by atoms with E-state index < -0.39 is 48.6 Å². The molecule has 13 heteroatoms. The Morgan fingerprint density at radius 2 is 2.03 bits per heavy atom. The highest BCUT2D eigenvalue weighted by Crippen LogP contribution is 2.35. The van der Waals surface area contributed by atoms with Crippen LogP contribution in [0.15, 0.2) is 18.3 Å². The Morgan fingerprint density at radius 1 is 1.26 bits per heavy atom. The van der Waals surface area contributed by atoms with Gasteiger partial charge in [-0.15, -0.1) is 0 Å². The number of amides is 2. The minimum atomic E-state index is -4.69. The maximum absolute atomic E-state index is 13.7. The van der Waals surface area contributed by atoms with E-state index in [1.165, 1.54) is 17.2 Å². The molecule has 1 saturated heterocycles. The molecule has 0 spiro atoms. The van der Waals surface area contributed by atoms with Crippen molar-refractivity contribution in [2.24, 2.45) is 5.73 Å². The molecule has 184 valence electrons. The number of likely N-dealkylation sites (tertiary alicyclic amines) is 1. The molecule has 4 heterocycles. The van der Waals surface area contributed by atoms with Crippen LogP contribution in [0.25, 0.3) is 11.5 Å². The van der Waals surface area contributed by atoms with Crippen molar-refractivity contribution >= 4 is 11.8 Å². The summed E-state index contributed by atoms with van der Waals surface area (Å²) in [5, 5.41) is 0. The van der Waals surface area contributed by atoms with Gasteiger partial charge in [0.2, 0.25) is 11.8 Å². The second-order valence-corrected chi connectivity index (χ2v) is 8.56. The third kappa shape index (κ3) is 5.18. The minimum Gasteiger partial charge on any atom is -0.359 e. The molecule has 0 radical (unpaired) electrons. The molecule has 0 aliphatic carbocycles. The lowest BCUT2D eigenvalue weighted by molar-refractivity contribution is -0.148. The number of hydrogen-bond acceptors (Lipinski definition) is 5. The zero-order chi connectivity index (χ0) is 24.7. The maximum atomic E-state index is 13.7. The summed E-state index contributed by atoms with van der Waals surface area (Å²) in [7, 11) is 0. The van der Waals surface area contributed by atoms with Crippen molar-refractivity contribution in [1.29, 1.82) is 0 Å². The van der Waals surface area contributed by atoms with E-state index in [0.717, 1.165) is 4.90 Å². The molecule has 2 aromatic rings. The van der Waals surface area contributed by atoms with Crippen LogP contribution in [0.1, 0.15) is 36.2 Å². The molecule has 2 amide bonds. The molecule has 0 saturated carbocycles. The van der Waals surface area contributed by atoms with Gasteiger partial charge in [-0.05, 0) is 18.6 Å². The largest absolute Gasteiger partial charge is 0.433 e. The van der Waals surface area contributed by atoms with Crippen LogP contribution < -0.4 is 5.73 Å². The lowest BCUT2D eigenvalue weighted by Crippen LogP contribution is -2.51. The quantitative estimate of drug-likeness (QED) is 0.631. The van der Waals surface area contributed by atoms with Crippen LogP contribution in [0.4, 0.5) is 22.0 Å². The van der Waals surface area contributed by atoms with Gasteiger partial charge in [0.25, 0.3) is 5.92 Å². The third-order valence-corrected chi connectivity index (χ3v) is 5.90. The predicted molar refractivity (Wildman–Crippen MR) is 109 cm³/mol. The third-order valence-electron chi connectivity index (χ3n) is 5.90. The highest BCUT2D eigenvalue weighted by molar-refractivity contribution is 5.78. The van der Waals surface area contributed by atoms with Crippen molar-refractivity contribution in [3.8, 4) is 11.5 Å². The summed E-state index contributed by atoms with van der Waals surface area (Å²) >= 11 is 0. The Bertz CT molecular complexity index is 1070. The standard InChI is InChI=1S/C21H23F5N6O2/c22-20(23)5-3-16(33)32(11-20)9-12(27)8-17(34)31-7-4-13-15(10-31)29-19(14-2-1-6-28-14)30-18(13)21(24,25)26/h1-2,6,12,28H,3-5,7-11,27H2. The molecule has 34 heavy (non-hydrogen) atoms. The summed E-state index contributed by atoms with van der Waals surface area (Å²) in [5.74, 6) is -4.04. The number of carbonyl (C=O) groups is 2. The monoisotopic (exact) mass is 486 g/mol. The molecule has 0 aromatic carbocycles. The molecule has 0 bridgehead atoms.